The van der Waals surface area contributed by atoms with Crippen molar-refractivity contribution in [3.63, 3.8) is 0 Å². The van der Waals surface area contributed by atoms with E-state index in [0.29, 0.717) is 15.9 Å². The molecule has 6 nitrogen and oxygen atoms in total. The first-order valence-electron chi connectivity index (χ1n) is 7.12. The number of halogens is 1. The summed E-state index contributed by atoms with van der Waals surface area (Å²) in [5.41, 5.74) is 3.55. The molecule has 2 rings (SSSR count). The highest BCUT2D eigenvalue weighted by Crippen LogP contribution is 2.21. The number of benzene rings is 2. The summed E-state index contributed by atoms with van der Waals surface area (Å²) in [5.74, 6) is -0.941. The van der Waals surface area contributed by atoms with Gasteiger partial charge in [0.2, 0.25) is 5.91 Å². The van der Waals surface area contributed by atoms with Crippen molar-refractivity contribution in [1.29, 1.82) is 0 Å². The molecule has 0 saturated carbocycles. The molecule has 0 spiro atoms. The van der Waals surface area contributed by atoms with Crippen LogP contribution in [0.1, 0.15) is 23.7 Å². The Hall–Kier alpha value is -2.67. The number of hydrogen-bond acceptors (Lipinski definition) is 4. The highest BCUT2D eigenvalue weighted by atomic mass is 79.9. The van der Waals surface area contributed by atoms with Crippen molar-refractivity contribution >= 4 is 39.1 Å². The number of hydrazone groups is 1. The van der Waals surface area contributed by atoms with Gasteiger partial charge in [0.05, 0.1) is 12.0 Å². The lowest BCUT2D eigenvalue weighted by Gasteiger charge is -2.06. The molecule has 0 bridgehead atoms. The zero-order valence-electron chi connectivity index (χ0n) is 12.9. The van der Waals surface area contributed by atoms with Crippen molar-refractivity contribution in [2.24, 2.45) is 5.10 Å². The molecule has 7 heteroatoms. The second-order valence-electron chi connectivity index (χ2n) is 5.04. The quantitative estimate of drug-likeness (QED) is 0.541. The summed E-state index contributed by atoms with van der Waals surface area (Å²) in [7, 11) is 0. The number of phenolic OH excluding ortho intramolecular Hbond substituents is 1. The number of nitrogens with one attached hydrogen (secondary N) is 2. The van der Waals surface area contributed by atoms with Crippen molar-refractivity contribution in [2.75, 3.05) is 5.32 Å². The fraction of sp³-hybridized carbons (Fsp3) is 0.118. The Kier molecular flexibility index (Phi) is 6.08. The molecule has 0 aliphatic heterocycles. The minimum Gasteiger partial charge on any atom is -0.507 e. The molecule has 2 amide bonds. The average molecular weight is 390 g/mol. The smallest absolute Gasteiger partial charge is 0.275 e. The summed E-state index contributed by atoms with van der Waals surface area (Å²) in [6.07, 6.45) is 0.0413. The maximum Gasteiger partial charge on any atom is 0.275 e. The van der Waals surface area contributed by atoms with E-state index in [9.17, 15) is 14.7 Å². The molecular weight excluding hydrogens is 374 g/mol. The Morgan fingerprint density at radius 3 is 2.58 bits per heavy atom. The van der Waals surface area contributed by atoms with Crippen molar-refractivity contribution in [2.45, 2.75) is 13.3 Å². The van der Waals surface area contributed by atoms with Crippen LogP contribution < -0.4 is 10.7 Å². The number of amides is 2. The van der Waals surface area contributed by atoms with Gasteiger partial charge >= 0.3 is 0 Å². The van der Waals surface area contributed by atoms with Crippen LogP contribution in [-0.2, 0) is 4.79 Å². The van der Waals surface area contributed by atoms with E-state index in [4.69, 9.17) is 0 Å². The van der Waals surface area contributed by atoms with Crippen LogP contribution in [0.2, 0.25) is 0 Å². The molecule has 124 valence electrons. The average Bonchev–Trinajstić information content (AvgIpc) is 2.55. The second-order valence-corrected chi connectivity index (χ2v) is 5.96. The van der Waals surface area contributed by atoms with Gasteiger partial charge in [-0.05, 0) is 37.3 Å². The summed E-state index contributed by atoms with van der Waals surface area (Å²) in [6, 6.07) is 13.6. The van der Waals surface area contributed by atoms with E-state index in [-0.39, 0.29) is 23.6 Å². The Bertz CT molecular complexity index is 776. The number of carbonyl (C=O) groups excluding carboxylic acids is 2. The fourth-order valence-electron chi connectivity index (χ4n) is 1.90. The molecule has 0 fully saturated rings. The lowest BCUT2D eigenvalue weighted by atomic mass is 10.2. The van der Waals surface area contributed by atoms with Crippen LogP contribution in [0.15, 0.2) is 58.1 Å². The zero-order chi connectivity index (χ0) is 17.5. The van der Waals surface area contributed by atoms with Crippen LogP contribution >= 0.6 is 15.9 Å². The van der Waals surface area contributed by atoms with Crippen LogP contribution in [0.25, 0.3) is 0 Å². The summed E-state index contributed by atoms with van der Waals surface area (Å²) in [5, 5.41) is 16.3. The zero-order valence-corrected chi connectivity index (χ0v) is 14.5. The minimum absolute atomic E-state index is 0.0413. The molecule has 0 heterocycles. The normalized spacial score (nSPS) is 11.0. The summed E-state index contributed by atoms with van der Waals surface area (Å²) < 4.78 is 0.661. The lowest BCUT2D eigenvalue weighted by molar-refractivity contribution is -0.115. The third-order valence-electron chi connectivity index (χ3n) is 3.03. The predicted octanol–water partition coefficient (Wildman–Crippen LogP) is 3.29. The Morgan fingerprint density at radius 1 is 1.17 bits per heavy atom. The molecular formula is C17H16BrN3O3. The van der Waals surface area contributed by atoms with Gasteiger partial charge in [0, 0.05) is 15.9 Å². The molecule has 2 aromatic rings. The molecule has 0 radical (unpaired) electrons. The molecule has 3 N–H and O–H groups in total. The van der Waals surface area contributed by atoms with E-state index < -0.39 is 5.91 Å². The number of rotatable bonds is 5. The molecule has 0 saturated heterocycles. The van der Waals surface area contributed by atoms with E-state index in [2.05, 4.69) is 31.8 Å². The van der Waals surface area contributed by atoms with Crippen LogP contribution in [0, 0.1) is 0 Å². The van der Waals surface area contributed by atoms with E-state index >= 15 is 0 Å². The third kappa shape index (κ3) is 5.20. The topological polar surface area (TPSA) is 90.8 Å². The Morgan fingerprint density at radius 2 is 1.88 bits per heavy atom. The third-order valence-corrected chi connectivity index (χ3v) is 3.52. The second kappa shape index (κ2) is 8.26. The van der Waals surface area contributed by atoms with Crippen LogP contribution in [-0.4, -0.2) is 22.6 Å². The molecule has 2 aromatic carbocycles. The maximum absolute atomic E-state index is 12.0. The molecule has 24 heavy (non-hydrogen) atoms. The number of phenols is 1. The number of nitrogens with zero attached hydrogens (tertiary/aromatic N) is 1. The molecule has 0 aliphatic carbocycles. The van der Waals surface area contributed by atoms with Crippen molar-refractivity contribution in [1.82, 2.24) is 5.43 Å². The van der Waals surface area contributed by atoms with Crippen molar-refractivity contribution in [3.8, 4) is 5.75 Å². The van der Waals surface area contributed by atoms with Gasteiger partial charge in [0.1, 0.15) is 5.75 Å². The van der Waals surface area contributed by atoms with Crippen LogP contribution in [0.5, 0.6) is 5.75 Å². The first-order chi connectivity index (χ1) is 11.5. The van der Waals surface area contributed by atoms with Gasteiger partial charge in [0.25, 0.3) is 5.91 Å². The lowest BCUT2D eigenvalue weighted by Crippen LogP contribution is -2.21. The number of aromatic hydroxyl groups is 1. The van der Waals surface area contributed by atoms with E-state index in [1.54, 1.807) is 25.1 Å². The van der Waals surface area contributed by atoms with Gasteiger partial charge in [0.15, 0.2) is 0 Å². The van der Waals surface area contributed by atoms with Crippen LogP contribution in [0.4, 0.5) is 5.69 Å². The number of hydrogen-bond donors (Lipinski definition) is 3. The highest BCUT2D eigenvalue weighted by molar-refractivity contribution is 9.10. The van der Waals surface area contributed by atoms with Gasteiger partial charge in [-0.3, -0.25) is 9.59 Å². The van der Waals surface area contributed by atoms with E-state index in [1.165, 1.54) is 12.1 Å². The Labute approximate surface area is 147 Å². The van der Waals surface area contributed by atoms with Gasteiger partial charge in [-0.1, -0.05) is 34.1 Å². The van der Waals surface area contributed by atoms with Gasteiger partial charge in [-0.15, -0.1) is 0 Å². The first kappa shape index (κ1) is 17.7. The van der Waals surface area contributed by atoms with Crippen molar-refractivity contribution in [3.05, 3.63) is 58.6 Å². The number of anilines is 1. The first-order valence-corrected chi connectivity index (χ1v) is 7.92. The molecule has 0 atom stereocenters. The maximum atomic E-state index is 12.0. The number of para-hydroxylation sites is 1. The standard InChI is InChI=1S/C17H16BrN3O3/c1-11(9-16(23)19-13-5-3-2-4-6-13)20-21-17(24)14-10-12(18)7-8-15(14)22/h2-8,10,22H,9H2,1H3,(H,19,23)(H,21,24). The fourth-order valence-corrected chi connectivity index (χ4v) is 2.26. The van der Waals surface area contributed by atoms with Gasteiger partial charge in [-0.25, -0.2) is 5.43 Å². The summed E-state index contributed by atoms with van der Waals surface area (Å²) in [6.45, 7) is 1.63. The predicted molar refractivity (Wildman–Crippen MR) is 96.1 cm³/mol. The van der Waals surface area contributed by atoms with Crippen molar-refractivity contribution < 1.29 is 14.7 Å². The van der Waals surface area contributed by atoms with Gasteiger partial charge < -0.3 is 10.4 Å². The molecule has 0 aromatic heterocycles. The number of carbonyl (C=O) groups is 2. The summed E-state index contributed by atoms with van der Waals surface area (Å²) in [4.78, 5) is 23.9. The largest absolute Gasteiger partial charge is 0.507 e. The highest BCUT2D eigenvalue weighted by Gasteiger charge is 2.11. The molecule has 0 aliphatic rings. The van der Waals surface area contributed by atoms with E-state index in [0.717, 1.165) is 0 Å². The van der Waals surface area contributed by atoms with Gasteiger partial charge in [-0.2, -0.15) is 5.10 Å². The van der Waals surface area contributed by atoms with Crippen LogP contribution in [0.3, 0.4) is 0 Å². The Balaban J connectivity index is 1.92. The molecule has 0 unspecified atom stereocenters. The summed E-state index contributed by atoms with van der Waals surface area (Å²) >= 11 is 3.23. The monoisotopic (exact) mass is 389 g/mol. The SMILES string of the molecule is CC(CC(=O)Nc1ccccc1)=NNC(=O)c1cc(Br)ccc1O. The van der Waals surface area contributed by atoms with E-state index in [1.807, 2.05) is 18.2 Å². The minimum atomic E-state index is -0.559.